The van der Waals surface area contributed by atoms with Gasteiger partial charge in [0, 0.05) is 24.0 Å². The van der Waals surface area contributed by atoms with Crippen molar-refractivity contribution in [1.29, 1.82) is 0 Å². The van der Waals surface area contributed by atoms with Crippen LogP contribution in [0.3, 0.4) is 0 Å². The summed E-state index contributed by atoms with van der Waals surface area (Å²) < 4.78 is 5.61. The molecule has 5 heteroatoms. The molecule has 0 radical (unpaired) electrons. The predicted molar refractivity (Wildman–Crippen MR) is 71.7 cm³/mol. The Morgan fingerprint density at radius 1 is 1.37 bits per heavy atom. The predicted octanol–water partition coefficient (Wildman–Crippen LogP) is 1.66. The van der Waals surface area contributed by atoms with Gasteiger partial charge in [-0.15, -0.1) is 0 Å². The SMILES string of the molecule is CCOC1CC(NC(=O)C(C)C(C)C(=O)O)C1(C)C. The Kier molecular flexibility index (Phi) is 4.96. The molecule has 19 heavy (non-hydrogen) atoms. The lowest BCUT2D eigenvalue weighted by Crippen LogP contribution is -2.62. The summed E-state index contributed by atoms with van der Waals surface area (Å²) in [6.07, 6.45) is 0.954. The number of aliphatic carboxylic acids is 1. The van der Waals surface area contributed by atoms with Crippen molar-refractivity contribution in [2.75, 3.05) is 6.61 Å². The summed E-state index contributed by atoms with van der Waals surface area (Å²) in [7, 11) is 0. The van der Waals surface area contributed by atoms with E-state index in [1.54, 1.807) is 13.8 Å². The fraction of sp³-hybridized carbons (Fsp3) is 0.857. The van der Waals surface area contributed by atoms with Crippen molar-refractivity contribution in [3.05, 3.63) is 0 Å². The van der Waals surface area contributed by atoms with Crippen molar-refractivity contribution >= 4 is 11.9 Å². The van der Waals surface area contributed by atoms with E-state index in [0.717, 1.165) is 6.42 Å². The third-order valence-corrected chi connectivity index (χ3v) is 4.42. The molecule has 1 amide bonds. The highest BCUT2D eigenvalue weighted by atomic mass is 16.5. The average molecular weight is 271 g/mol. The molecular weight excluding hydrogens is 246 g/mol. The molecule has 1 aliphatic rings. The van der Waals surface area contributed by atoms with Crippen LogP contribution in [-0.4, -0.2) is 35.7 Å². The van der Waals surface area contributed by atoms with Crippen molar-refractivity contribution in [3.63, 3.8) is 0 Å². The Balaban J connectivity index is 2.53. The molecule has 0 spiro atoms. The smallest absolute Gasteiger partial charge is 0.307 e. The number of carbonyl (C=O) groups excluding carboxylic acids is 1. The van der Waals surface area contributed by atoms with Gasteiger partial charge in [-0.05, 0) is 13.3 Å². The van der Waals surface area contributed by atoms with E-state index >= 15 is 0 Å². The van der Waals surface area contributed by atoms with E-state index in [-0.39, 0.29) is 23.5 Å². The van der Waals surface area contributed by atoms with Crippen LogP contribution in [0, 0.1) is 17.3 Å². The van der Waals surface area contributed by atoms with Gasteiger partial charge in [0.05, 0.1) is 12.0 Å². The number of rotatable bonds is 6. The highest BCUT2D eigenvalue weighted by molar-refractivity contribution is 5.84. The van der Waals surface area contributed by atoms with Crippen molar-refractivity contribution < 1.29 is 19.4 Å². The Morgan fingerprint density at radius 2 is 1.95 bits per heavy atom. The second kappa shape index (κ2) is 5.90. The van der Waals surface area contributed by atoms with Gasteiger partial charge < -0.3 is 15.2 Å². The number of hydrogen-bond acceptors (Lipinski definition) is 3. The van der Waals surface area contributed by atoms with E-state index in [0.29, 0.717) is 6.61 Å². The van der Waals surface area contributed by atoms with Crippen LogP contribution < -0.4 is 5.32 Å². The van der Waals surface area contributed by atoms with Gasteiger partial charge in [-0.3, -0.25) is 9.59 Å². The van der Waals surface area contributed by atoms with E-state index in [1.165, 1.54) is 0 Å². The molecule has 1 fully saturated rings. The molecule has 0 aromatic carbocycles. The first-order chi connectivity index (χ1) is 8.71. The Bertz CT molecular complexity index is 353. The van der Waals surface area contributed by atoms with Crippen LogP contribution in [0.2, 0.25) is 0 Å². The van der Waals surface area contributed by atoms with Crippen molar-refractivity contribution in [1.82, 2.24) is 5.32 Å². The van der Waals surface area contributed by atoms with Crippen LogP contribution in [0.1, 0.15) is 41.0 Å². The van der Waals surface area contributed by atoms with Crippen molar-refractivity contribution in [3.8, 4) is 0 Å². The number of carbonyl (C=O) groups is 2. The molecule has 1 rings (SSSR count). The summed E-state index contributed by atoms with van der Waals surface area (Å²) in [4.78, 5) is 22.9. The second-order valence-corrected chi connectivity index (χ2v) is 5.98. The van der Waals surface area contributed by atoms with Gasteiger partial charge in [0.1, 0.15) is 0 Å². The number of amides is 1. The maximum Gasteiger partial charge on any atom is 0.307 e. The molecule has 2 N–H and O–H groups in total. The first-order valence-corrected chi connectivity index (χ1v) is 6.86. The van der Waals surface area contributed by atoms with Gasteiger partial charge in [0.15, 0.2) is 0 Å². The molecule has 0 heterocycles. The fourth-order valence-electron chi connectivity index (χ4n) is 2.36. The molecular formula is C14H25NO4. The summed E-state index contributed by atoms with van der Waals surface area (Å²) in [5.74, 6) is -2.34. The van der Waals surface area contributed by atoms with Crippen molar-refractivity contribution in [2.24, 2.45) is 17.3 Å². The zero-order valence-corrected chi connectivity index (χ0v) is 12.4. The fourth-order valence-corrected chi connectivity index (χ4v) is 2.36. The topological polar surface area (TPSA) is 75.6 Å². The Labute approximate surface area is 114 Å². The normalized spacial score (nSPS) is 28.1. The van der Waals surface area contributed by atoms with Gasteiger partial charge in [-0.2, -0.15) is 0 Å². The number of carboxylic acids is 1. The highest BCUT2D eigenvalue weighted by Crippen LogP contribution is 2.42. The molecule has 0 aromatic rings. The summed E-state index contributed by atoms with van der Waals surface area (Å²) >= 11 is 0. The monoisotopic (exact) mass is 271 g/mol. The summed E-state index contributed by atoms with van der Waals surface area (Å²) in [6, 6.07) is 0.0556. The highest BCUT2D eigenvalue weighted by Gasteiger charge is 2.49. The van der Waals surface area contributed by atoms with Crippen LogP contribution in [-0.2, 0) is 14.3 Å². The van der Waals surface area contributed by atoms with Gasteiger partial charge in [-0.25, -0.2) is 0 Å². The molecule has 4 unspecified atom stereocenters. The number of ether oxygens (including phenoxy) is 1. The lowest BCUT2D eigenvalue weighted by molar-refractivity contribution is -0.149. The molecule has 110 valence electrons. The maximum absolute atomic E-state index is 12.0. The van der Waals surface area contributed by atoms with Crippen LogP contribution >= 0.6 is 0 Å². The molecule has 0 bridgehead atoms. The molecule has 0 aliphatic heterocycles. The largest absolute Gasteiger partial charge is 0.481 e. The second-order valence-electron chi connectivity index (χ2n) is 5.98. The molecule has 4 atom stereocenters. The zero-order valence-electron chi connectivity index (χ0n) is 12.4. The summed E-state index contributed by atoms with van der Waals surface area (Å²) in [5, 5.41) is 11.9. The Morgan fingerprint density at radius 3 is 2.37 bits per heavy atom. The van der Waals surface area contributed by atoms with Crippen LogP contribution in [0.5, 0.6) is 0 Å². The summed E-state index contributed by atoms with van der Waals surface area (Å²) in [6.45, 7) is 9.96. The average Bonchev–Trinajstić information content (AvgIpc) is 2.35. The van der Waals surface area contributed by atoms with Crippen molar-refractivity contribution in [2.45, 2.75) is 53.2 Å². The summed E-state index contributed by atoms with van der Waals surface area (Å²) in [5.41, 5.74) is -0.0994. The van der Waals surface area contributed by atoms with E-state index in [4.69, 9.17) is 9.84 Å². The standard InChI is InChI=1S/C14H25NO4/c1-6-19-11-7-10(14(11,4)5)15-12(16)8(2)9(3)13(17)18/h8-11H,6-7H2,1-5H3,(H,15,16)(H,17,18). The molecule has 1 aliphatic carbocycles. The van der Waals surface area contributed by atoms with E-state index in [2.05, 4.69) is 19.2 Å². The number of carboxylic acid groups (broad SMARTS) is 1. The maximum atomic E-state index is 12.0. The minimum absolute atomic E-state index is 0.0556. The van der Waals surface area contributed by atoms with E-state index < -0.39 is 17.8 Å². The van der Waals surface area contributed by atoms with Gasteiger partial charge in [0.2, 0.25) is 5.91 Å². The van der Waals surface area contributed by atoms with E-state index in [9.17, 15) is 9.59 Å². The third-order valence-electron chi connectivity index (χ3n) is 4.42. The lowest BCUT2D eigenvalue weighted by Gasteiger charge is -2.51. The first-order valence-electron chi connectivity index (χ1n) is 6.86. The van der Waals surface area contributed by atoms with Crippen LogP contribution in [0.25, 0.3) is 0 Å². The number of nitrogens with one attached hydrogen (secondary N) is 1. The van der Waals surface area contributed by atoms with Gasteiger partial charge >= 0.3 is 5.97 Å². The molecule has 5 nitrogen and oxygen atoms in total. The first kappa shape index (κ1) is 16.0. The zero-order chi connectivity index (χ0) is 14.8. The van der Waals surface area contributed by atoms with Crippen LogP contribution in [0.15, 0.2) is 0 Å². The van der Waals surface area contributed by atoms with Crippen LogP contribution in [0.4, 0.5) is 0 Å². The minimum atomic E-state index is -0.942. The molecule has 1 saturated carbocycles. The van der Waals surface area contributed by atoms with Gasteiger partial charge in [-0.1, -0.05) is 27.7 Å². The Hall–Kier alpha value is -1.10. The van der Waals surface area contributed by atoms with E-state index in [1.807, 2.05) is 6.92 Å². The molecule has 0 saturated heterocycles. The lowest BCUT2D eigenvalue weighted by atomic mass is 9.64. The quantitative estimate of drug-likeness (QED) is 0.770. The molecule has 0 aromatic heterocycles. The minimum Gasteiger partial charge on any atom is -0.481 e. The number of hydrogen-bond donors (Lipinski definition) is 2. The van der Waals surface area contributed by atoms with Gasteiger partial charge in [0.25, 0.3) is 0 Å². The third kappa shape index (κ3) is 3.26.